The minimum Gasteiger partial charge on any atom is -0.352 e. The summed E-state index contributed by atoms with van der Waals surface area (Å²) in [7, 11) is 0. The highest BCUT2D eigenvalue weighted by Gasteiger charge is 2.41. The first-order valence-corrected chi connectivity index (χ1v) is 6.03. The molecule has 1 N–H and O–H groups in total. The molecule has 0 radical (unpaired) electrons. The van der Waals surface area contributed by atoms with E-state index in [9.17, 15) is 9.59 Å². The topological polar surface area (TPSA) is 49.4 Å². The standard InChI is InChI=1S/C12H22N2O2/c1-5-14(7-11(15)13-8(2)3)12(16)10-6-9(10)4/h8-10H,5-7H2,1-4H3,(H,13,15). The molecule has 0 saturated heterocycles. The minimum atomic E-state index is -0.0708. The van der Waals surface area contributed by atoms with Crippen LogP contribution in [0.4, 0.5) is 0 Å². The van der Waals surface area contributed by atoms with Crippen molar-refractivity contribution in [1.29, 1.82) is 0 Å². The number of amides is 2. The van der Waals surface area contributed by atoms with E-state index in [0.29, 0.717) is 12.5 Å². The average molecular weight is 226 g/mol. The number of rotatable bonds is 5. The molecule has 1 fully saturated rings. The lowest BCUT2D eigenvalue weighted by Crippen LogP contribution is -2.43. The maximum atomic E-state index is 11.9. The molecule has 0 spiro atoms. The van der Waals surface area contributed by atoms with E-state index >= 15 is 0 Å². The Hall–Kier alpha value is -1.06. The van der Waals surface area contributed by atoms with Gasteiger partial charge in [-0.1, -0.05) is 6.92 Å². The quantitative estimate of drug-likeness (QED) is 0.760. The van der Waals surface area contributed by atoms with E-state index in [0.717, 1.165) is 6.42 Å². The van der Waals surface area contributed by atoms with Gasteiger partial charge in [0, 0.05) is 18.5 Å². The Morgan fingerprint density at radius 1 is 1.44 bits per heavy atom. The van der Waals surface area contributed by atoms with Crippen LogP contribution in [0.1, 0.15) is 34.1 Å². The maximum Gasteiger partial charge on any atom is 0.239 e. The van der Waals surface area contributed by atoms with Crippen LogP contribution in [0.25, 0.3) is 0 Å². The number of nitrogens with zero attached hydrogens (tertiary/aromatic N) is 1. The van der Waals surface area contributed by atoms with Crippen LogP contribution in [0, 0.1) is 11.8 Å². The molecule has 1 saturated carbocycles. The van der Waals surface area contributed by atoms with Crippen molar-refractivity contribution in [3.8, 4) is 0 Å². The fraction of sp³-hybridized carbons (Fsp3) is 0.833. The van der Waals surface area contributed by atoms with Gasteiger partial charge in [0.05, 0.1) is 6.54 Å². The van der Waals surface area contributed by atoms with Gasteiger partial charge in [-0.3, -0.25) is 9.59 Å². The molecule has 4 heteroatoms. The summed E-state index contributed by atoms with van der Waals surface area (Å²) in [5.41, 5.74) is 0. The molecule has 1 aliphatic carbocycles. The third kappa shape index (κ3) is 3.51. The highest BCUT2D eigenvalue weighted by Crippen LogP contribution is 2.39. The lowest BCUT2D eigenvalue weighted by molar-refractivity contribution is -0.137. The predicted molar refractivity (Wildman–Crippen MR) is 62.8 cm³/mol. The van der Waals surface area contributed by atoms with Gasteiger partial charge in [0.2, 0.25) is 11.8 Å². The largest absolute Gasteiger partial charge is 0.352 e. The third-order valence-electron chi connectivity index (χ3n) is 2.90. The number of carbonyl (C=O) groups is 2. The van der Waals surface area contributed by atoms with Crippen LogP contribution in [0.2, 0.25) is 0 Å². The van der Waals surface area contributed by atoms with Crippen molar-refractivity contribution >= 4 is 11.8 Å². The highest BCUT2D eigenvalue weighted by molar-refractivity contribution is 5.87. The molecule has 0 aromatic rings. The lowest BCUT2D eigenvalue weighted by Gasteiger charge is -2.21. The lowest BCUT2D eigenvalue weighted by atomic mass is 10.3. The molecule has 4 nitrogen and oxygen atoms in total. The summed E-state index contributed by atoms with van der Waals surface area (Å²) >= 11 is 0. The molecule has 1 aliphatic rings. The van der Waals surface area contributed by atoms with Gasteiger partial charge in [-0.15, -0.1) is 0 Å². The monoisotopic (exact) mass is 226 g/mol. The summed E-state index contributed by atoms with van der Waals surface area (Å²) in [5.74, 6) is 0.717. The van der Waals surface area contributed by atoms with E-state index in [1.165, 1.54) is 0 Å². The van der Waals surface area contributed by atoms with Crippen molar-refractivity contribution in [2.75, 3.05) is 13.1 Å². The summed E-state index contributed by atoms with van der Waals surface area (Å²) in [5, 5.41) is 2.80. The molecule has 0 heterocycles. The van der Waals surface area contributed by atoms with Gasteiger partial charge in [-0.25, -0.2) is 0 Å². The third-order valence-corrected chi connectivity index (χ3v) is 2.90. The van der Waals surface area contributed by atoms with Crippen LogP contribution >= 0.6 is 0 Å². The molecular weight excluding hydrogens is 204 g/mol. The SMILES string of the molecule is CCN(CC(=O)NC(C)C)C(=O)C1CC1C. The Balaban J connectivity index is 2.42. The van der Waals surface area contributed by atoms with Gasteiger partial charge in [-0.2, -0.15) is 0 Å². The first-order chi connectivity index (χ1) is 7.45. The summed E-state index contributed by atoms with van der Waals surface area (Å²) < 4.78 is 0. The Labute approximate surface area is 97.4 Å². The van der Waals surface area contributed by atoms with Gasteiger partial charge < -0.3 is 10.2 Å². The molecule has 0 bridgehead atoms. The molecular formula is C12H22N2O2. The van der Waals surface area contributed by atoms with Crippen molar-refractivity contribution in [2.24, 2.45) is 11.8 Å². The summed E-state index contributed by atoms with van der Waals surface area (Å²) in [6, 6.07) is 0.126. The zero-order chi connectivity index (χ0) is 12.3. The number of hydrogen-bond donors (Lipinski definition) is 1. The summed E-state index contributed by atoms with van der Waals surface area (Å²) in [6.07, 6.45) is 0.973. The summed E-state index contributed by atoms with van der Waals surface area (Å²) in [4.78, 5) is 25.1. The van der Waals surface area contributed by atoms with Crippen LogP contribution < -0.4 is 5.32 Å². The van der Waals surface area contributed by atoms with Crippen LogP contribution in [0.3, 0.4) is 0 Å². The fourth-order valence-corrected chi connectivity index (χ4v) is 1.79. The smallest absolute Gasteiger partial charge is 0.239 e. The Kier molecular flexibility index (Phi) is 4.33. The second-order valence-corrected chi connectivity index (χ2v) is 4.89. The maximum absolute atomic E-state index is 11.9. The van der Waals surface area contributed by atoms with Crippen LogP contribution in [-0.4, -0.2) is 35.8 Å². The van der Waals surface area contributed by atoms with Crippen LogP contribution in [-0.2, 0) is 9.59 Å². The van der Waals surface area contributed by atoms with Crippen molar-refractivity contribution < 1.29 is 9.59 Å². The number of carbonyl (C=O) groups excluding carboxylic acids is 2. The van der Waals surface area contributed by atoms with E-state index < -0.39 is 0 Å². The normalized spacial score (nSPS) is 23.1. The fourth-order valence-electron chi connectivity index (χ4n) is 1.79. The second kappa shape index (κ2) is 5.32. The number of nitrogens with one attached hydrogen (secondary N) is 1. The minimum absolute atomic E-state index is 0.0708. The number of likely N-dealkylation sites (N-methyl/N-ethyl adjacent to an activating group) is 1. The van der Waals surface area contributed by atoms with Gasteiger partial charge >= 0.3 is 0 Å². The molecule has 2 amide bonds. The van der Waals surface area contributed by atoms with E-state index in [1.807, 2.05) is 20.8 Å². The Morgan fingerprint density at radius 3 is 2.38 bits per heavy atom. The van der Waals surface area contributed by atoms with Gasteiger partial charge in [-0.05, 0) is 33.1 Å². The Morgan fingerprint density at radius 2 is 2.00 bits per heavy atom. The van der Waals surface area contributed by atoms with Crippen LogP contribution in [0.5, 0.6) is 0 Å². The van der Waals surface area contributed by atoms with Crippen molar-refractivity contribution in [1.82, 2.24) is 10.2 Å². The molecule has 16 heavy (non-hydrogen) atoms. The van der Waals surface area contributed by atoms with Gasteiger partial charge in [0.15, 0.2) is 0 Å². The van der Waals surface area contributed by atoms with Crippen LogP contribution in [0.15, 0.2) is 0 Å². The van der Waals surface area contributed by atoms with Gasteiger partial charge in [0.25, 0.3) is 0 Å². The average Bonchev–Trinajstić information content (AvgIpc) is 2.89. The molecule has 0 aliphatic heterocycles. The van der Waals surface area contributed by atoms with Crippen molar-refractivity contribution in [2.45, 2.75) is 40.2 Å². The van der Waals surface area contributed by atoms with Gasteiger partial charge in [0.1, 0.15) is 0 Å². The van der Waals surface area contributed by atoms with E-state index in [4.69, 9.17) is 0 Å². The van der Waals surface area contributed by atoms with E-state index in [-0.39, 0.29) is 30.3 Å². The summed E-state index contributed by atoms with van der Waals surface area (Å²) in [6.45, 7) is 8.61. The molecule has 0 aromatic carbocycles. The van der Waals surface area contributed by atoms with E-state index in [1.54, 1.807) is 4.90 Å². The first kappa shape index (κ1) is 13.0. The Bertz CT molecular complexity index is 276. The van der Waals surface area contributed by atoms with E-state index in [2.05, 4.69) is 12.2 Å². The predicted octanol–water partition coefficient (Wildman–Crippen LogP) is 1.02. The number of hydrogen-bond acceptors (Lipinski definition) is 2. The first-order valence-electron chi connectivity index (χ1n) is 6.03. The van der Waals surface area contributed by atoms with Crippen molar-refractivity contribution in [3.63, 3.8) is 0 Å². The molecule has 0 aromatic heterocycles. The highest BCUT2D eigenvalue weighted by atomic mass is 16.2. The molecule has 2 unspecified atom stereocenters. The molecule has 92 valence electrons. The zero-order valence-electron chi connectivity index (χ0n) is 10.6. The second-order valence-electron chi connectivity index (χ2n) is 4.89. The molecule has 1 rings (SSSR count). The zero-order valence-corrected chi connectivity index (χ0v) is 10.6. The molecule has 2 atom stereocenters. The van der Waals surface area contributed by atoms with Crippen molar-refractivity contribution in [3.05, 3.63) is 0 Å².